The van der Waals surface area contributed by atoms with E-state index < -0.39 is 0 Å². The number of amides is 1. The standard InChI is InChI=1S/C20H23ClN4O2S/c21-16-5-1-4-14-18-15(12-28-19(14)16)17(20(26)24-7-9-27-10-8-24)23-25(18)13-3-2-6-22-11-13/h1,4-5,13,22H,2-3,6-12H2. The second kappa shape index (κ2) is 7.71. The maximum atomic E-state index is 13.3. The van der Waals surface area contributed by atoms with Crippen LogP contribution in [0.15, 0.2) is 23.1 Å². The Bertz CT molecular complexity index is 904. The van der Waals surface area contributed by atoms with Crippen LogP contribution in [0.3, 0.4) is 0 Å². The summed E-state index contributed by atoms with van der Waals surface area (Å²) in [5.74, 6) is 0.741. The van der Waals surface area contributed by atoms with Crippen molar-refractivity contribution in [1.82, 2.24) is 20.0 Å². The summed E-state index contributed by atoms with van der Waals surface area (Å²) >= 11 is 8.19. The van der Waals surface area contributed by atoms with Crippen LogP contribution in [0.1, 0.15) is 34.9 Å². The van der Waals surface area contributed by atoms with Crippen molar-refractivity contribution < 1.29 is 9.53 Å². The average Bonchev–Trinajstić information content (AvgIpc) is 3.15. The first-order chi connectivity index (χ1) is 13.7. The first kappa shape index (κ1) is 18.5. The summed E-state index contributed by atoms with van der Waals surface area (Å²) < 4.78 is 7.51. The van der Waals surface area contributed by atoms with Crippen LogP contribution < -0.4 is 5.32 Å². The fourth-order valence-electron chi connectivity index (χ4n) is 4.27. The molecule has 1 unspecified atom stereocenters. The van der Waals surface area contributed by atoms with Crippen molar-refractivity contribution in [2.24, 2.45) is 0 Å². The third kappa shape index (κ3) is 3.14. The Hall–Kier alpha value is -1.54. The Labute approximate surface area is 173 Å². The molecule has 1 N–H and O–H groups in total. The van der Waals surface area contributed by atoms with Crippen LogP contribution in [0.5, 0.6) is 0 Å². The molecule has 4 heterocycles. The summed E-state index contributed by atoms with van der Waals surface area (Å²) in [6.45, 7) is 4.35. The zero-order valence-corrected chi connectivity index (χ0v) is 17.2. The fourth-order valence-corrected chi connectivity index (χ4v) is 5.70. The molecule has 0 saturated carbocycles. The first-order valence-corrected chi connectivity index (χ1v) is 11.2. The van der Waals surface area contributed by atoms with Gasteiger partial charge < -0.3 is 15.0 Å². The number of rotatable bonds is 2. The number of benzene rings is 1. The Kier molecular flexibility index (Phi) is 5.09. The lowest BCUT2D eigenvalue weighted by Gasteiger charge is -2.27. The van der Waals surface area contributed by atoms with Crippen molar-refractivity contribution in [2.45, 2.75) is 29.5 Å². The molecule has 0 aliphatic carbocycles. The molecule has 0 bridgehead atoms. The van der Waals surface area contributed by atoms with Crippen LogP contribution in [-0.4, -0.2) is 60.0 Å². The van der Waals surface area contributed by atoms with E-state index in [0.717, 1.165) is 58.4 Å². The number of ether oxygens (including phenoxy) is 1. The van der Waals surface area contributed by atoms with Gasteiger partial charge in [-0.1, -0.05) is 23.7 Å². The topological polar surface area (TPSA) is 59.4 Å². The lowest BCUT2D eigenvalue weighted by Crippen LogP contribution is -2.41. The fraction of sp³-hybridized carbons (Fsp3) is 0.500. The highest BCUT2D eigenvalue weighted by Crippen LogP contribution is 2.47. The van der Waals surface area contributed by atoms with Crippen LogP contribution in [-0.2, 0) is 10.5 Å². The normalized spacial score (nSPS) is 21.9. The van der Waals surface area contributed by atoms with E-state index in [1.807, 2.05) is 17.0 Å². The maximum Gasteiger partial charge on any atom is 0.274 e. The van der Waals surface area contributed by atoms with E-state index in [1.165, 1.54) is 0 Å². The van der Waals surface area contributed by atoms with Crippen molar-refractivity contribution in [3.05, 3.63) is 34.5 Å². The van der Waals surface area contributed by atoms with Crippen molar-refractivity contribution in [1.29, 1.82) is 0 Å². The van der Waals surface area contributed by atoms with Crippen LogP contribution in [0.4, 0.5) is 0 Å². The Morgan fingerprint density at radius 3 is 2.96 bits per heavy atom. The molecular weight excluding hydrogens is 396 g/mol. The molecule has 1 amide bonds. The predicted octanol–water partition coefficient (Wildman–Crippen LogP) is 3.21. The van der Waals surface area contributed by atoms with Crippen LogP contribution in [0.2, 0.25) is 5.02 Å². The predicted molar refractivity (Wildman–Crippen MR) is 110 cm³/mol. The van der Waals surface area contributed by atoms with Gasteiger partial charge in [-0.3, -0.25) is 9.48 Å². The number of thioether (sulfide) groups is 1. The smallest absolute Gasteiger partial charge is 0.274 e. The minimum Gasteiger partial charge on any atom is -0.378 e. The highest BCUT2D eigenvalue weighted by Gasteiger charge is 2.34. The third-order valence-electron chi connectivity index (χ3n) is 5.71. The Morgan fingerprint density at radius 1 is 1.32 bits per heavy atom. The highest BCUT2D eigenvalue weighted by molar-refractivity contribution is 7.98. The summed E-state index contributed by atoms with van der Waals surface area (Å²) in [6, 6.07) is 6.27. The van der Waals surface area contributed by atoms with Gasteiger partial charge in [0.05, 0.1) is 30.0 Å². The number of halogens is 1. The molecule has 6 nitrogen and oxygen atoms in total. The Balaban J connectivity index is 1.63. The van der Waals surface area contributed by atoms with Gasteiger partial charge in [0.15, 0.2) is 5.69 Å². The molecule has 1 aromatic carbocycles. The van der Waals surface area contributed by atoms with E-state index >= 15 is 0 Å². The van der Waals surface area contributed by atoms with E-state index in [-0.39, 0.29) is 11.9 Å². The minimum absolute atomic E-state index is 0.0214. The van der Waals surface area contributed by atoms with E-state index in [0.29, 0.717) is 32.0 Å². The van der Waals surface area contributed by atoms with Gasteiger partial charge in [0.2, 0.25) is 0 Å². The quantitative estimate of drug-likeness (QED) is 0.811. The van der Waals surface area contributed by atoms with Gasteiger partial charge in [0, 0.05) is 41.4 Å². The number of carbonyl (C=O) groups excluding carboxylic acids is 1. The van der Waals surface area contributed by atoms with Gasteiger partial charge in [-0.25, -0.2) is 0 Å². The Morgan fingerprint density at radius 2 is 2.18 bits per heavy atom. The molecule has 2 saturated heterocycles. The summed E-state index contributed by atoms with van der Waals surface area (Å²) in [5.41, 5.74) is 3.81. The molecule has 148 valence electrons. The molecule has 28 heavy (non-hydrogen) atoms. The third-order valence-corrected chi connectivity index (χ3v) is 7.30. The zero-order valence-electron chi connectivity index (χ0n) is 15.6. The molecule has 3 aliphatic heterocycles. The SMILES string of the molecule is O=C(c1nn(C2CCCNC2)c2c1CSc1c(Cl)cccc1-2)N1CCOCC1. The van der Waals surface area contributed by atoms with Gasteiger partial charge in [-0.2, -0.15) is 5.10 Å². The minimum atomic E-state index is 0.0214. The molecule has 3 aliphatic rings. The second-order valence-electron chi connectivity index (χ2n) is 7.43. The van der Waals surface area contributed by atoms with Crippen molar-refractivity contribution in [2.75, 3.05) is 39.4 Å². The highest BCUT2D eigenvalue weighted by atomic mass is 35.5. The molecule has 2 aromatic rings. The van der Waals surface area contributed by atoms with Gasteiger partial charge >= 0.3 is 0 Å². The largest absolute Gasteiger partial charge is 0.378 e. The molecule has 2 fully saturated rings. The van der Waals surface area contributed by atoms with Gasteiger partial charge in [0.1, 0.15) is 0 Å². The number of nitrogens with zero attached hydrogens (tertiary/aromatic N) is 3. The van der Waals surface area contributed by atoms with Gasteiger partial charge in [-0.15, -0.1) is 11.8 Å². The average molecular weight is 419 g/mol. The summed E-state index contributed by atoms with van der Waals surface area (Å²) in [6.07, 6.45) is 2.18. The lowest BCUT2D eigenvalue weighted by molar-refractivity contribution is 0.0297. The maximum absolute atomic E-state index is 13.3. The number of piperidine rings is 1. The van der Waals surface area contributed by atoms with Crippen LogP contribution in [0, 0.1) is 0 Å². The molecule has 1 atom stereocenters. The molecule has 5 rings (SSSR count). The summed E-state index contributed by atoms with van der Waals surface area (Å²) in [4.78, 5) is 16.2. The number of hydrogen-bond donors (Lipinski definition) is 1. The molecule has 0 spiro atoms. The van der Waals surface area contributed by atoms with Crippen molar-refractivity contribution in [3.8, 4) is 11.3 Å². The number of hydrogen-bond acceptors (Lipinski definition) is 5. The van der Waals surface area contributed by atoms with Crippen LogP contribution in [0.25, 0.3) is 11.3 Å². The molecule has 8 heteroatoms. The van der Waals surface area contributed by atoms with Crippen LogP contribution >= 0.6 is 23.4 Å². The molecule has 0 radical (unpaired) electrons. The summed E-state index contributed by atoms with van der Waals surface area (Å²) in [5, 5.41) is 9.15. The van der Waals surface area contributed by atoms with Crippen molar-refractivity contribution >= 4 is 29.3 Å². The molecule has 1 aromatic heterocycles. The monoisotopic (exact) mass is 418 g/mol. The van der Waals surface area contributed by atoms with E-state index in [2.05, 4.69) is 16.1 Å². The molecular formula is C20H23ClN4O2S. The summed E-state index contributed by atoms with van der Waals surface area (Å²) in [7, 11) is 0. The number of carbonyl (C=O) groups is 1. The number of morpholine rings is 1. The second-order valence-corrected chi connectivity index (χ2v) is 8.82. The number of fused-ring (bicyclic) bond motifs is 3. The van der Waals surface area contributed by atoms with E-state index in [1.54, 1.807) is 11.8 Å². The van der Waals surface area contributed by atoms with E-state index in [9.17, 15) is 4.79 Å². The number of aromatic nitrogens is 2. The van der Waals surface area contributed by atoms with Gasteiger partial charge in [0.25, 0.3) is 5.91 Å². The lowest BCUT2D eigenvalue weighted by atomic mass is 10.0. The van der Waals surface area contributed by atoms with Crippen molar-refractivity contribution in [3.63, 3.8) is 0 Å². The first-order valence-electron chi connectivity index (χ1n) is 9.85. The number of nitrogens with one attached hydrogen (secondary N) is 1. The zero-order chi connectivity index (χ0) is 19.1. The van der Waals surface area contributed by atoms with E-state index in [4.69, 9.17) is 21.4 Å². The van der Waals surface area contributed by atoms with Gasteiger partial charge in [-0.05, 0) is 25.5 Å².